The van der Waals surface area contributed by atoms with Gasteiger partial charge in [0.15, 0.2) is 5.82 Å². The van der Waals surface area contributed by atoms with E-state index in [0.29, 0.717) is 43.9 Å². The molecule has 0 aliphatic carbocycles. The Kier molecular flexibility index (Phi) is 5.81. The van der Waals surface area contributed by atoms with E-state index >= 15 is 0 Å². The molecule has 0 bridgehead atoms. The molecule has 9 heteroatoms. The number of nitrogens with one attached hydrogen (secondary N) is 1. The number of piperidine rings is 1. The summed E-state index contributed by atoms with van der Waals surface area (Å²) < 4.78 is 13.7. The molecule has 8 nitrogen and oxygen atoms in total. The SMILES string of the molecule is Nc1nnc(-c2cc(F)ccc2O)cc1N1CCC(CNC(=O)O)(c2ccccc2)CC1. The average molecular weight is 437 g/mol. The first-order valence-electron chi connectivity index (χ1n) is 10.3. The third-order valence-corrected chi connectivity index (χ3v) is 6.06. The number of carbonyl (C=O) groups is 1. The summed E-state index contributed by atoms with van der Waals surface area (Å²) in [6.45, 7) is 1.54. The highest BCUT2D eigenvalue weighted by atomic mass is 19.1. The second-order valence-electron chi connectivity index (χ2n) is 7.95. The van der Waals surface area contributed by atoms with Gasteiger partial charge in [0.2, 0.25) is 0 Å². The minimum atomic E-state index is -1.05. The third-order valence-electron chi connectivity index (χ3n) is 6.06. The fourth-order valence-corrected chi connectivity index (χ4v) is 4.27. The van der Waals surface area contributed by atoms with Crippen LogP contribution in [0.4, 0.5) is 20.7 Å². The van der Waals surface area contributed by atoms with Gasteiger partial charge in [-0.05, 0) is 42.7 Å². The lowest BCUT2D eigenvalue weighted by Gasteiger charge is -2.43. The van der Waals surface area contributed by atoms with Crippen LogP contribution in [0.2, 0.25) is 0 Å². The number of rotatable bonds is 5. The highest BCUT2D eigenvalue weighted by molar-refractivity contribution is 5.74. The molecule has 0 saturated carbocycles. The number of halogens is 1. The number of phenolic OH excluding ortho intramolecular Hbond substituents is 1. The van der Waals surface area contributed by atoms with Gasteiger partial charge in [-0.25, -0.2) is 9.18 Å². The maximum atomic E-state index is 13.7. The minimum Gasteiger partial charge on any atom is -0.507 e. The highest BCUT2D eigenvalue weighted by Gasteiger charge is 2.37. The van der Waals surface area contributed by atoms with Gasteiger partial charge in [-0.2, -0.15) is 0 Å². The fraction of sp³-hybridized carbons (Fsp3) is 0.261. The lowest BCUT2D eigenvalue weighted by molar-refractivity contribution is 0.188. The predicted octanol–water partition coefficient (Wildman–Crippen LogP) is 3.38. The Hall–Kier alpha value is -3.88. The molecule has 1 aliphatic rings. The van der Waals surface area contributed by atoms with Crippen molar-refractivity contribution in [2.45, 2.75) is 18.3 Å². The summed E-state index contributed by atoms with van der Waals surface area (Å²) in [6.07, 6.45) is 0.337. The number of hydrogen-bond donors (Lipinski definition) is 4. The van der Waals surface area contributed by atoms with Gasteiger partial charge in [0.25, 0.3) is 0 Å². The number of aromatic hydroxyl groups is 1. The number of aromatic nitrogens is 2. The van der Waals surface area contributed by atoms with Gasteiger partial charge in [-0.15, -0.1) is 10.2 Å². The van der Waals surface area contributed by atoms with Crippen LogP contribution in [-0.2, 0) is 5.41 Å². The first-order chi connectivity index (χ1) is 15.4. The molecule has 3 aromatic rings. The fourth-order valence-electron chi connectivity index (χ4n) is 4.27. The molecule has 0 spiro atoms. The van der Waals surface area contributed by atoms with Crippen molar-refractivity contribution in [1.29, 1.82) is 0 Å². The van der Waals surface area contributed by atoms with Gasteiger partial charge in [-0.1, -0.05) is 30.3 Å². The van der Waals surface area contributed by atoms with Crippen LogP contribution in [-0.4, -0.2) is 46.1 Å². The van der Waals surface area contributed by atoms with Crippen LogP contribution in [0.25, 0.3) is 11.3 Å². The zero-order valence-corrected chi connectivity index (χ0v) is 17.3. The topological polar surface area (TPSA) is 125 Å². The van der Waals surface area contributed by atoms with E-state index in [0.717, 1.165) is 5.56 Å². The van der Waals surface area contributed by atoms with E-state index in [1.165, 1.54) is 18.2 Å². The van der Waals surface area contributed by atoms with E-state index in [1.54, 1.807) is 6.07 Å². The summed E-state index contributed by atoms with van der Waals surface area (Å²) in [5.41, 5.74) is 8.05. The van der Waals surface area contributed by atoms with Gasteiger partial charge >= 0.3 is 6.09 Å². The molecule has 1 aliphatic heterocycles. The zero-order valence-electron chi connectivity index (χ0n) is 17.3. The number of nitrogens with two attached hydrogens (primary N) is 1. The Morgan fingerprint density at radius 3 is 2.53 bits per heavy atom. The van der Waals surface area contributed by atoms with Gasteiger partial charge in [0.1, 0.15) is 11.6 Å². The number of hydrogen-bond acceptors (Lipinski definition) is 6. The molecule has 2 heterocycles. The Morgan fingerprint density at radius 2 is 1.84 bits per heavy atom. The quantitative estimate of drug-likeness (QED) is 0.482. The summed E-state index contributed by atoms with van der Waals surface area (Å²) in [6, 6.07) is 15.2. The number of benzene rings is 2. The van der Waals surface area contributed by atoms with E-state index in [1.807, 2.05) is 30.3 Å². The zero-order chi connectivity index (χ0) is 22.7. The smallest absolute Gasteiger partial charge is 0.404 e. The van der Waals surface area contributed by atoms with Gasteiger partial charge in [0.05, 0.1) is 11.4 Å². The van der Waals surface area contributed by atoms with Crippen molar-refractivity contribution in [1.82, 2.24) is 15.5 Å². The second kappa shape index (κ2) is 8.70. The van der Waals surface area contributed by atoms with E-state index in [9.17, 15) is 14.3 Å². The van der Waals surface area contributed by atoms with Crippen LogP contribution < -0.4 is 16.0 Å². The molecule has 32 heavy (non-hydrogen) atoms. The molecule has 1 fully saturated rings. The van der Waals surface area contributed by atoms with Crippen LogP contribution in [0.1, 0.15) is 18.4 Å². The molecule has 2 aromatic carbocycles. The molecule has 1 amide bonds. The predicted molar refractivity (Wildman–Crippen MR) is 119 cm³/mol. The summed E-state index contributed by atoms with van der Waals surface area (Å²) >= 11 is 0. The Labute approximate surface area is 184 Å². The third kappa shape index (κ3) is 4.27. The Bertz CT molecular complexity index is 1120. The van der Waals surface area contributed by atoms with Gasteiger partial charge in [0, 0.05) is 30.6 Å². The number of amides is 1. The lowest BCUT2D eigenvalue weighted by atomic mass is 9.72. The number of nitrogens with zero attached hydrogens (tertiary/aromatic N) is 3. The molecule has 0 unspecified atom stereocenters. The largest absolute Gasteiger partial charge is 0.507 e. The maximum Gasteiger partial charge on any atom is 0.404 e. The van der Waals surface area contributed by atoms with Crippen LogP contribution in [0.15, 0.2) is 54.6 Å². The van der Waals surface area contributed by atoms with Crippen molar-refractivity contribution in [2.75, 3.05) is 30.3 Å². The first kappa shape index (κ1) is 21.4. The van der Waals surface area contributed by atoms with E-state index in [4.69, 9.17) is 10.8 Å². The molecular weight excluding hydrogens is 413 g/mol. The van der Waals surface area contributed by atoms with Crippen LogP contribution in [0.3, 0.4) is 0 Å². The van der Waals surface area contributed by atoms with Crippen molar-refractivity contribution < 1.29 is 19.4 Å². The Balaban J connectivity index is 1.60. The minimum absolute atomic E-state index is 0.0992. The summed E-state index contributed by atoms with van der Waals surface area (Å²) in [4.78, 5) is 13.2. The van der Waals surface area contributed by atoms with Crippen molar-refractivity contribution >= 4 is 17.6 Å². The molecule has 5 N–H and O–H groups in total. The molecule has 0 radical (unpaired) electrons. The number of carboxylic acid groups (broad SMARTS) is 1. The van der Waals surface area contributed by atoms with E-state index < -0.39 is 11.9 Å². The van der Waals surface area contributed by atoms with E-state index in [-0.39, 0.29) is 22.5 Å². The number of phenols is 1. The van der Waals surface area contributed by atoms with Crippen LogP contribution in [0.5, 0.6) is 5.75 Å². The normalized spacial score (nSPS) is 15.3. The highest BCUT2D eigenvalue weighted by Crippen LogP contribution is 2.38. The van der Waals surface area contributed by atoms with Crippen LogP contribution in [0, 0.1) is 5.82 Å². The van der Waals surface area contributed by atoms with Crippen molar-refractivity contribution in [3.05, 3.63) is 66.0 Å². The monoisotopic (exact) mass is 437 g/mol. The number of anilines is 2. The average Bonchev–Trinajstić information content (AvgIpc) is 2.81. The molecular formula is C23H24FN5O3. The van der Waals surface area contributed by atoms with Crippen molar-refractivity contribution in [2.24, 2.45) is 0 Å². The van der Waals surface area contributed by atoms with Crippen molar-refractivity contribution in [3.8, 4) is 17.0 Å². The standard InChI is InChI=1S/C23H24FN5O3/c24-16-6-7-20(30)17(12-16)18-13-19(21(25)28-27-18)29-10-8-23(9-11-29,14-26-22(31)32)15-4-2-1-3-5-15/h1-7,12-13,26,30H,8-11,14H2,(H2,25,28)(H,31,32). The summed E-state index contributed by atoms with van der Waals surface area (Å²) in [7, 11) is 0. The lowest BCUT2D eigenvalue weighted by Crippen LogP contribution is -2.49. The molecule has 166 valence electrons. The second-order valence-corrected chi connectivity index (χ2v) is 7.95. The maximum absolute atomic E-state index is 13.7. The molecule has 1 aromatic heterocycles. The summed E-state index contributed by atoms with van der Waals surface area (Å²) in [5, 5.41) is 29.9. The molecule has 0 atom stereocenters. The van der Waals surface area contributed by atoms with E-state index in [2.05, 4.69) is 20.4 Å². The number of nitrogen functional groups attached to an aromatic ring is 1. The van der Waals surface area contributed by atoms with Gasteiger partial charge < -0.3 is 26.2 Å². The van der Waals surface area contributed by atoms with Gasteiger partial charge in [-0.3, -0.25) is 0 Å². The Morgan fingerprint density at radius 1 is 1.12 bits per heavy atom. The molecule has 4 rings (SSSR count). The van der Waals surface area contributed by atoms with Crippen LogP contribution >= 0.6 is 0 Å². The first-order valence-corrected chi connectivity index (χ1v) is 10.3. The summed E-state index contributed by atoms with van der Waals surface area (Å²) in [5.74, 6) is -0.354. The van der Waals surface area contributed by atoms with Crippen molar-refractivity contribution in [3.63, 3.8) is 0 Å². The molecule has 1 saturated heterocycles.